The van der Waals surface area contributed by atoms with E-state index in [2.05, 4.69) is 5.32 Å². The zero-order valence-electron chi connectivity index (χ0n) is 11.3. The van der Waals surface area contributed by atoms with Crippen molar-refractivity contribution in [3.8, 4) is 0 Å². The minimum atomic E-state index is -0.334. The summed E-state index contributed by atoms with van der Waals surface area (Å²) in [6.07, 6.45) is 0. The van der Waals surface area contributed by atoms with Crippen molar-refractivity contribution in [2.24, 2.45) is 0 Å². The molecule has 4 nitrogen and oxygen atoms in total. The summed E-state index contributed by atoms with van der Waals surface area (Å²) in [7, 11) is 1.90. The normalized spacial score (nSPS) is 12.8. The number of nitrogens with one attached hydrogen (secondary N) is 1. The van der Waals surface area contributed by atoms with Crippen LogP contribution in [-0.2, 0) is 4.79 Å². The van der Waals surface area contributed by atoms with Gasteiger partial charge in [0.2, 0.25) is 5.91 Å². The monoisotopic (exact) mass is 250 g/mol. The summed E-state index contributed by atoms with van der Waals surface area (Å²) < 4.78 is 0. The first-order valence-corrected chi connectivity index (χ1v) is 6.20. The predicted octanol–water partition coefficient (Wildman–Crippen LogP) is 1.18. The molecule has 1 rings (SSSR count). The Hall–Kier alpha value is -1.39. The van der Waals surface area contributed by atoms with Gasteiger partial charge >= 0.3 is 0 Å². The van der Waals surface area contributed by atoms with E-state index >= 15 is 0 Å². The molecule has 0 saturated carbocycles. The van der Waals surface area contributed by atoms with Gasteiger partial charge in [0.15, 0.2) is 0 Å². The van der Waals surface area contributed by atoms with Crippen LogP contribution in [0.15, 0.2) is 30.3 Å². The van der Waals surface area contributed by atoms with E-state index in [4.69, 9.17) is 0 Å². The van der Waals surface area contributed by atoms with E-state index in [1.54, 1.807) is 0 Å². The summed E-state index contributed by atoms with van der Waals surface area (Å²) in [5.74, 6) is -0.0749. The van der Waals surface area contributed by atoms with Gasteiger partial charge in [0.1, 0.15) is 0 Å². The van der Waals surface area contributed by atoms with Crippen molar-refractivity contribution in [1.29, 1.82) is 0 Å². The minimum absolute atomic E-state index is 0.0749. The maximum absolute atomic E-state index is 11.8. The average molecular weight is 250 g/mol. The second kappa shape index (κ2) is 7.13. The van der Waals surface area contributed by atoms with Crippen LogP contribution in [0.2, 0.25) is 0 Å². The molecule has 0 aliphatic heterocycles. The number of hydrogen-bond donors (Lipinski definition) is 2. The number of carbonyl (C=O) groups excluding carboxylic acids is 1. The summed E-state index contributed by atoms with van der Waals surface area (Å²) in [5.41, 5.74) is 0.917. The lowest BCUT2D eigenvalue weighted by Gasteiger charge is -2.22. The first kappa shape index (κ1) is 14.7. The van der Waals surface area contributed by atoms with Crippen LogP contribution in [0.4, 0.5) is 0 Å². The molecule has 1 atom stereocenters. The Morgan fingerprint density at radius 1 is 1.33 bits per heavy atom. The van der Waals surface area contributed by atoms with Gasteiger partial charge in [-0.1, -0.05) is 30.3 Å². The zero-order chi connectivity index (χ0) is 13.5. The van der Waals surface area contributed by atoms with Crippen LogP contribution >= 0.6 is 0 Å². The fourth-order valence-corrected chi connectivity index (χ4v) is 1.57. The van der Waals surface area contributed by atoms with Crippen molar-refractivity contribution in [3.05, 3.63) is 35.9 Å². The van der Waals surface area contributed by atoms with E-state index in [0.29, 0.717) is 12.6 Å². The zero-order valence-corrected chi connectivity index (χ0v) is 11.3. The maximum atomic E-state index is 11.8. The molecule has 4 heteroatoms. The molecule has 1 aromatic carbocycles. The van der Waals surface area contributed by atoms with Gasteiger partial charge in [-0.2, -0.15) is 0 Å². The Morgan fingerprint density at radius 2 is 1.94 bits per heavy atom. The molecule has 0 fully saturated rings. The van der Waals surface area contributed by atoms with E-state index in [1.807, 2.05) is 56.1 Å². The number of amides is 1. The van der Waals surface area contributed by atoms with E-state index in [-0.39, 0.29) is 18.6 Å². The first-order chi connectivity index (χ1) is 8.54. The van der Waals surface area contributed by atoms with Gasteiger partial charge in [-0.05, 0) is 26.5 Å². The van der Waals surface area contributed by atoms with Gasteiger partial charge < -0.3 is 10.4 Å². The van der Waals surface area contributed by atoms with Crippen LogP contribution in [-0.4, -0.2) is 42.2 Å². The van der Waals surface area contributed by atoms with Gasteiger partial charge in [-0.3, -0.25) is 9.69 Å². The highest BCUT2D eigenvalue weighted by Crippen LogP contribution is 2.11. The Balaban J connectivity index is 2.56. The lowest BCUT2D eigenvalue weighted by Crippen LogP contribution is -2.40. The molecule has 0 radical (unpaired) electrons. The third kappa shape index (κ3) is 4.47. The van der Waals surface area contributed by atoms with Crippen LogP contribution in [0.1, 0.15) is 25.5 Å². The van der Waals surface area contributed by atoms with Crippen molar-refractivity contribution in [1.82, 2.24) is 10.2 Å². The number of rotatable bonds is 6. The third-order valence-electron chi connectivity index (χ3n) is 2.99. The van der Waals surface area contributed by atoms with Gasteiger partial charge in [-0.25, -0.2) is 0 Å². The Kier molecular flexibility index (Phi) is 5.82. The molecule has 1 amide bonds. The van der Waals surface area contributed by atoms with E-state index < -0.39 is 0 Å². The first-order valence-electron chi connectivity index (χ1n) is 6.20. The summed E-state index contributed by atoms with van der Waals surface area (Å²) in [5, 5.41) is 12.2. The standard InChI is InChI=1S/C14H22N2O2/c1-11(2)16(3)9-14(18)15-13(10-17)12-7-5-4-6-8-12/h4-8,11,13,17H,9-10H2,1-3H3,(H,15,18). The number of aliphatic hydroxyl groups excluding tert-OH is 1. The number of nitrogens with zero attached hydrogens (tertiary/aromatic N) is 1. The summed E-state index contributed by atoms with van der Waals surface area (Å²) in [6, 6.07) is 9.47. The van der Waals surface area contributed by atoms with Crippen LogP contribution in [0.3, 0.4) is 0 Å². The number of likely N-dealkylation sites (N-methyl/N-ethyl adjacent to an activating group) is 1. The Labute approximate surface area is 109 Å². The van der Waals surface area contributed by atoms with E-state index in [9.17, 15) is 9.90 Å². The topological polar surface area (TPSA) is 52.6 Å². The highest BCUT2D eigenvalue weighted by atomic mass is 16.3. The van der Waals surface area contributed by atoms with Crippen LogP contribution < -0.4 is 5.32 Å². The molecule has 18 heavy (non-hydrogen) atoms. The number of benzene rings is 1. The summed E-state index contributed by atoms with van der Waals surface area (Å²) in [6.45, 7) is 4.31. The number of carbonyl (C=O) groups is 1. The highest BCUT2D eigenvalue weighted by Gasteiger charge is 2.15. The molecule has 0 aromatic heterocycles. The molecule has 0 aliphatic carbocycles. The predicted molar refractivity (Wildman–Crippen MR) is 72.2 cm³/mol. The molecule has 0 bridgehead atoms. The fourth-order valence-electron chi connectivity index (χ4n) is 1.57. The van der Waals surface area contributed by atoms with Crippen molar-refractivity contribution < 1.29 is 9.90 Å². The van der Waals surface area contributed by atoms with Crippen molar-refractivity contribution in [3.63, 3.8) is 0 Å². The van der Waals surface area contributed by atoms with E-state index in [1.165, 1.54) is 0 Å². The lowest BCUT2D eigenvalue weighted by atomic mass is 10.1. The number of hydrogen-bond acceptors (Lipinski definition) is 3. The second-order valence-corrected chi connectivity index (χ2v) is 4.72. The largest absolute Gasteiger partial charge is 0.394 e. The second-order valence-electron chi connectivity index (χ2n) is 4.72. The molecule has 1 unspecified atom stereocenters. The molecule has 100 valence electrons. The molecule has 0 spiro atoms. The molecule has 0 saturated heterocycles. The minimum Gasteiger partial charge on any atom is -0.394 e. The molecule has 0 aliphatic rings. The van der Waals surface area contributed by atoms with Crippen molar-refractivity contribution in [2.75, 3.05) is 20.2 Å². The number of aliphatic hydroxyl groups is 1. The third-order valence-corrected chi connectivity index (χ3v) is 2.99. The molecular weight excluding hydrogens is 228 g/mol. The summed E-state index contributed by atoms with van der Waals surface area (Å²) in [4.78, 5) is 13.8. The maximum Gasteiger partial charge on any atom is 0.234 e. The summed E-state index contributed by atoms with van der Waals surface area (Å²) >= 11 is 0. The highest BCUT2D eigenvalue weighted by molar-refractivity contribution is 5.78. The van der Waals surface area contributed by atoms with Gasteiger partial charge in [0, 0.05) is 6.04 Å². The van der Waals surface area contributed by atoms with E-state index in [0.717, 1.165) is 5.56 Å². The van der Waals surface area contributed by atoms with Gasteiger partial charge in [0.25, 0.3) is 0 Å². The quantitative estimate of drug-likeness (QED) is 0.797. The van der Waals surface area contributed by atoms with Gasteiger partial charge in [-0.15, -0.1) is 0 Å². The average Bonchev–Trinajstić information content (AvgIpc) is 2.36. The smallest absolute Gasteiger partial charge is 0.234 e. The molecular formula is C14H22N2O2. The van der Waals surface area contributed by atoms with Crippen LogP contribution in [0, 0.1) is 0 Å². The fraction of sp³-hybridized carbons (Fsp3) is 0.500. The molecule has 0 heterocycles. The van der Waals surface area contributed by atoms with Crippen LogP contribution in [0.25, 0.3) is 0 Å². The SMILES string of the molecule is CC(C)N(C)CC(=O)NC(CO)c1ccccc1. The Morgan fingerprint density at radius 3 is 2.44 bits per heavy atom. The molecule has 2 N–H and O–H groups in total. The van der Waals surface area contributed by atoms with Crippen molar-refractivity contribution in [2.45, 2.75) is 25.9 Å². The van der Waals surface area contributed by atoms with Gasteiger partial charge in [0.05, 0.1) is 19.2 Å². The Bertz CT molecular complexity index is 365. The van der Waals surface area contributed by atoms with Crippen LogP contribution in [0.5, 0.6) is 0 Å². The van der Waals surface area contributed by atoms with Crippen molar-refractivity contribution >= 4 is 5.91 Å². The molecule has 1 aromatic rings. The lowest BCUT2D eigenvalue weighted by molar-refractivity contribution is -0.123.